The van der Waals surface area contributed by atoms with Gasteiger partial charge in [-0.15, -0.1) is 0 Å². The highest BCUT2D eigenvalue weighted by atomic mass is 31.4. The van der Waals surface area contributed by atoms with Gasteiger partial charge in [-0.25, -0.2) is 0 Å². The Kier molecular flexibility index (Phi) is 5.44. The Balaban J connectivity index is 4.09. The van der Waals surface area contributed by atoms with Crippen LogP contribution in [0.25, 0.3) is 0 Å². The maximum Gasteiger partial charge on any atom is 0.185 e. The zero-order valence-corrected chi connectivity index (χ0v) is 10.3. The first-order chi connectivity index (χ1) is 5.18. The van der Waals surface area contributed by atoms with E-state index in [0.717, 1.165) is 0 Å². The summed E-state index contributed by atoms with van der Waals surface area (Å²) in [4.78, 5) is 0. The summed E-state index contributed by atoms with van der Waals surface area (Å²) in [6, 6.07) is 0. The zero-order valence-electron chi connectivity index (χ0n) is 7.42. The van der Waals surface area contributed by atoms with Crippen LogP contribution in [-0.4, -0.2) is 28.4 Å². The van der Waals surface area contributed by atoms with Crippen molar-refractivity contribution in [3.05, 3.63) is 38.0 Å². The maximum atomic E-state index is 3.79. The Hall–Kier alpha value is -0.133. The van der Waals surface area contributed by atoms with Crippen molar-refractivity contribution in [1.29, 1.82) is 0 Å². The first kappa shape index (κ1) is 10.9. The third-order valence-electron chi connectivity index (χ3n) is 1.71. The molecule has 0 saturated carbocycles. The minimum atomic E-state index is -0.685. The molecule has 0 aliphatic carbocycles. The van der Waals surface area contributed by atoms with Gasteiger partial charge in [0.25, 0.3) is 0 Å². The minimum Gasteiger partial charge on any atom is -0.0996 e. The quantitative estimate of drug-likeness (QED) is 0.336. The Labute approximate surface area is 73.7 Å². The maximum absolute atomic E-state index is 3.79. The molecule has 0 aliphatic heterocycles. The highest BCUT2D eigenvalue weighted by Crippen LogP contribution is 2.53. The molecule has 0 unspecified atom stereocenters. The molecule has 0 amide bonds. The lowest BCUT2D eigenvalue weighted by molar-refractivity contribution is 1.57. The van der Waals surface area contributed by atoms with E-state index in [9.17, 15) is 0 Å². The van der Waals surface area contributed by atoms with Crippen molar-refractivity contribution in [2.24, 2.45) is 0 Å². The highest BCUT2D eigenvalue weighted by Gasteiger charge is 2.24. The largest absolute Gasteiger partial charge is 0.185 e. The number of hydrogen-bond acceptors (Lipinski definition) is 0. The summed E-state index contributed by atoms with van der Waals surface area (Å²) in [5.41, 5.74) is 0. The molecule has 0 radical (unpaired) electrons. The SMILES string of the molecule is C=CC[P+]([SiH3])(CC=C)CC=C. The van der Waals surface area contributed by atoms with Crippen molar-refractivity contribution >= 4 is 16.7 Å². The molecule has 0 nitrogen and oxygen atoms in total. The van der Waals surface area contributed by atoms with Gasteiger partial charge in [0, 0.05) is 0 Å². The van der Waals surface area contributed by atoms with Crippen LogP contribution in [0, 0.1) is 0 Å². The van der Waals surface area contributed by atoms with Crippen LogP contribution in [0.2, 0.25) is 0 Å². The Bertz CT molecular complexity index is 125. The molecule has 0 aromatic carbocycles. The van der Waals surface area contributed by atoms with Crippen LogP contribution < -0.4 is 0 Å². The third-order valence-corrected chi connectivity index (χ3v) is 8.42. The summed E-state index contributed by atoms with van der Waals surface area (Å²) in [5.74, 6) is 0. The van der Waals surface area contributed by atoms with Crippen molar-refractivity contribution in [2.45, 2.75) is 0 Å². The summed E-state index contributed by atoms with van der Waals surface area (Å²) >= 11 is 0. The molecule has 0 heterocycles. The molecule has 0 atom stereocenters. The molecule has 0 aliphatic rings. The Morgan fingerprint density at radius 2 is 1.18 bits per heavy atom. The molecule has 0 N–H and O–H groups in total. The number of rotatable bonds is 6. The van der Waals surface area contributed by atoms with Crippen LogP contribution in [0.3, 0.4) is 0 Å². The van der Waals surface area contributed by atoms with Crippen molar-refractivity contribution in [1.82, 2.24) is 0 Å². The molecule has 11 heavy (non-hydrogen) atoms. The lowest BCUT2D eigenvalue weighted by atomic mass is 10.7. The first-order valence-electron chi connectivity index (χ1n) is 3.85. The lowest BCUT2D eigenvalue weighted by Crippen LogP contribution is -2.03. The van der Waals surface area contributed by atoms with Gasteiger partial charge in [-0.2, -0.15) is 0 Å². The Morgan fingerprint density at radius 1 is 0.909 bits per heavy atom. The van der Waals surface area contributed by atoms with E-state index in [1.807, 2.05) is 18.2 Å². The molecule has 0 fully saturated rings. The summed E-state index contributed by atoms with van der Waals surface area (Å²) in [5, 5.41) is 0. The predicted molar refractivity (Wildman–Crippen MR) is 62.1 cm³/mol. The third kappa shape index (κ3) is 4.34. The van der Waals surface area contributed by atoms with E-state index in [0.29, 0.717) is 0 Å². The van der Waals surface area contributed by atoms with E-state index >= 15 is 0 Å². The fraction of sp³-hybridized carbons (Fsp3) is 0.333. The Morgan fingerprint density at radius 3 is 1.36 bits per heavy atom. The van der Waals surface area contributed by atoms with E-state index < -0.39 is 6.81 Å². The van der Waals surface area contributed by atoms with Gasteiger partial charge in [-0.3, -0.25) is 0 Å². The van der Waals surface area contributed by atoms with Crippen LogP contribution in [0.4, 0.5) is 0 Å². The molecule has 0 spiro atoms. The minimum absolute atomic E-state index is 0.685. The zero-order chi connectivity index (χ0) is 8.74. The summed E-state index contributed by atoms with van der Waals surface area (Å²) in [6.07, 6.45) is 9.76. The first-order valence-corrected chi connectivity index (χ1v) is 9.32. The van der Waals surface area contributed by atoms with Crippen LogP contribution in [0.15, 0.2) is 38.0 Å². The van der Waals surface area contributed by atoms with Gasteiger partial charge < -0.3 is 0 Å². The molecule has 0 rings (SSSR count). The summed E-state index contributed by atoms with van der Waals surface area (Å²) < 4.78 is 0. The lowest BCUT2D eigenvalue weighted by Gasteiger charge is -2.18. The monoisotopic (exact) mass is 185 g/mol. The summed E-state index contributed by atoms with van der Waals surface area (Å²) in [7, 11) is 1.29. The van der Waals surface area contributed by atoms with Crippen molar-refractivity contribution in [2.75, 3.05) is 18.5 Å². The second kappa shape index (κ2) is 5.51. The van der Waals surface area contributed by atoms with Crippen molar-refractivity contribution in [3.63, 3.8) is 0 Å². The van der Waals surface area contributed by atoms with E-state index in [1.54, 1.807) is 0 Å². The van der Waals surface area contributed by atoms with Crippen LogP contribution in [0.1, 0.15) is 0 Å². The average Bonchev–Trinajstić information content (AvgIpc) is 1.88. The van der Waals surface area contributed by atoms with E-state index in [1.165, 1.54) is 28.4 Å². The number of allylic oxidation sites excluding steroid dienone is 3. The summed E-state index contributed by atoms with van der Waals surface area (Å²) in [6.45, 7) is 10.7. The molecular formula is C9H18PSi+. The van der Waals surface area contributed by atoms with Gasteiger partial charge in [0.2, 0.25) is 0 Å². The van der Waals surface area contributed by atoms with Crippen molar-refractivity contribution < 1.29 is 0 Å². The van der Waals surface area contributed by atoms with Gasteiger partial charge in [0.1, 0.15) is 0 Å². The molecule has 62 valence electrons. The van der Waals surface area contributed by atoms with E-state index in [4.69, 9.17) is 0 Å². The van der Waals surface area contributed by atoms with Gasteiger partial charge in [0.15, 0.2) is 9.91 Å². The van der Waals surface area contributed by atoms with Crippen molar-refractivity contribution in [3.8, 4) is 0 Å². The topological polar surface area (TPSA) is 0 Å². The molecule has 0 saturated heterocycles. The smallest absolute Gasteiger partial charge is 0.0996 e. The standard InChI is InChI=1S/C9H18PSi/c1-4-7-10(11,8-5-2)9-6-3/h4-6H,1-3,7-9H2,11H3/q+1. The van der Waals surface area contributed by atoms with Crippen LogP contribution in [-0.2, 0) is 0 Å². The molecule has 0 aromatic rings. The fourth-order valence-electron chi connectivity index (χ4n) is 1.16. The molecule has 2 heteroatoms. The molecular weight excluding hydrogens is 167 g/mol. The highest BCUT2D eigenvalue weighted by molar-refractivity contribution is 7.97. The number of hydrogen-bond donors (Lipinski definition) is 0. The average molecular weight is 185 g/mol. The normalized spacial score (nSPS) is 10.9. The second-order valence-electron chi connectivity index (χ2n) is 3.03. The fourth-order valence-corrected chi connectivity index (χ4v) is 5.80. The molecule has 0 bridgehead atoms. The van der Waals surface area contributed by atoms with Gasteiger partial charge >= 0.3 is 0 Å². The van der Waals surface area contributed by atoms with E-state index in [-0.39, 0.29) is 0 Å². The van der Waals surface area contributed by atoms with Crippen LogP contribution >= 0.6 is 6.81 Å². The molecule has 0 aromatic heterocycles. The van der Waals surface area contributed by atoms with E-state index in [2.05, 4.69) is 19.7 Å². The second-order valence-corrected chi connectivity index (χ2v) is 13.1. The van der Waals surface area contributed by atoms with Gasteiger partial charge in [-0.1, -0.05) is 38.0 Å². The van der Waals surface area contributed by atoms with Gasteiger partial charge in [-0.05, 0) is 6.81 Å². The van der Waals surface area contributed by atoms with Crippen LogP contribution in [0.5, 0.6) is 0 Å². The predicted octanol–water partition coefficient (Wildman–Crippen LogP) is 1.84. The van der Waals surface area contributed by atoms with Gasteiger partial charge in [0.05, 0.1) is 18.5 Å².